The molecule has 8 heteroatoms. The largest absolute Gasteiger partial charge is 0.357 e. The molecule has 0 atom stereocenters. The van der Waals surface area contributed by atoms with Gasteiger partial charge in [-0.2, -0.15) is 0 Å². The molecule has 0 radical (unpaired) electrons. The Hall–Kier alpha value is -0.870. The lowest BCUT2D eigenvalue weighted by molar-refractivity contribution is 0.273. The molecule has 2 N–H and O–H groups in total. The zero-order valence-corrected chi connectivity index (χ0v) is 20.6. The number of guanidine groups is 1. The first-order valence-electron chi connectivity index (χ1n) is 9.90. The topological polar surface area (TPSA) is 73.8 Å². The van der Waals surface area contributed by atoms with Crippen LogP contribution in [0.1, 0.15) is 51.7 Å². The van der Waals surface area contributed by atoms with Gasteiger partial charge in [-0.25, -0.2) is 18.1 Å². The summed E-state index contributed by atoms with van der Waals surface area (Å²) in [5.74, 6) is 1.67. The second-order valence-corrected chi connectivity index (χ2v) is 9.39. The van der Waals surface area contributed by atoms with E-state index in [4.69, 9.17) is 4.99 Å². The normalized spacial score (nSPS) is 16.2. The summed E-state index contributed by atoms with van der Waals surface area (Å²) < 4.78 is 27.3. The molecule has 0 amide bonds. The maximum absolute atomic E-state index is 12.3. The second kappa shape index (κ2) is 12.0. The van der Waals surface area contributed by atoms with Gasteiger partial charge in [-0.3, -0.25) is 0 Å². The van der Waals surface area contributed by atoms with Crippen LogP contribution in [-0.4, -0.2) is 45.0 Å². The number of aliphatic imine (C=N–C) groups is 1. The molecule has 2 rings (SSSR count). The summed E-state index contributed by atoms with van der Waals surface area (Å²) in [5.41, 5.74) is 1.75. The van der Waals surface area contributed by atoms with E-state index in [-0.39, 0.29) is 35.8 Å². The van der Waals surface area contributed by atoms with E-state index in [1.54, 1.807) is 0 Å². The highest BCUT2D eigenvalue weighted by Gasteiger charge is 2.19. The number of nitrogens with zero attached hydrogens (tertiary/aromatic N) is 2. The average molecular weight is 522 g/mol. The summed E-state index contributed by atoms with van der Waals surface area (Å²) in [6, 6.07) is 7.55. The molecule has 1 fully saturated rings. The van der Waals surface area contributed by atoms with Gasteiger partial charge in [0.25, 0.3) is 0 Å². The smallest absolute Gasteiger partial charge is 0.216 e. The van der Waals surface area contributed by atoms with Crippen LogP contribution in [0.4, 0.5) is 0 Å². The molecule has 0 spiro atoms. The molecule has 0 saturated carbocycles. The molecule has 28 heavy (non-hydrogen) atoms. The Balaban J connectivity index is 0.00000392. The maximum Gasteiger partial charge on any atom is 0.216 e. The van der Waals surface area contributed by atoms with Crippen molar-refractivity contribution in [3.05, 3.63) is 35.4 Å². The highest BCUT2D eigenvalue weighted by molar-refractivity contribution is 14.0. The minimum Gasteiger partial charge on any atom is -0.357 e. The molecule has 1 aliphatic rings. The van der Waals surface area contributed by atoms with Crippen LogP contribution in [0.3, 0.4) is 0 Å². The van der Waals surface area contributed by atoms with E-state index in [1.807, 2.05) is 38.1 Å². The monoisotopic (exact) mass is 522 g/mol. The summed E-state index contributed by atoms with van der Waals surface area (Å²) in [6.07, 6.45) is 2.36. The lowest BCUT2D eigenvalue weighted by Gasteiger charge is -2.33. The molecule has 160 valence electrons. The number of halogens is 1. The van der Waals surface area contributed by atoms with Gasteiger partial charge in [0.1, 0.15) is 0 Å². The van der Waals surface area contributed by atoms with Crippen LogP contribution < -0.4 is 10.0 Å². The molecular formula is C20H35IN4O2S. The zero-order valence-electron chi connectivity index (χ0n) is 17.4. The van der Waals surface area contributed by atoms with Gasteiger partial charge >= 0.3 is 0 Å². The van der Waals surface area contributed by atoms with Gasteiger partial charge < -0.3 is 10.2 Å². The fourth-order valence-corrected chi connectivity index (χ4v) is 4.76. The van der Waals surface area contributed by atoms with E-state index in [0.29, 0.717) is 6.54 Å². The van der Waals surface area contributed by atoms with Crippen molar-refractivity contribution >= 4 is 40.0 Å². The third kappa shape index (κ3) is 8.24. The predicted molar refractivity (Wildman–Crippen MR) is 128 cm³/mol. The number of rotatable bonds is 7. The lowest BCUT2D eigenvalue weighted by atomic mass is 9.99. The Kier molecular flexibility index (Phi) is 10.8. The first-order valence-corrected chi connectivity index (χ1v) is 11.6. The van der Waals surface area contributed by atoms with Crippen molar-refractivity contribution in [2.75, 3.05) is 19.6 Å². The van der Waals surface area contributed by atoms with Gasteiger partial charge in [0.2, 0.25) is 10.0 Å². The van der Waals surface area contributed by atoms with E-state index >= 15 is 0 Å². The van der Waals surface area contributed by atoms with E-state index in [2.05, 4.69) is 28.8 Å². The molecule has 0 aromatic heterocycles. The summed E-state index contributed by atoms with van der Waals surface area (Å²) >= 11 is 0. The minimum absolute atomic E-state index is 0. The molecule has 1 aromatic carbocycles. The van der Waals surface area contributed by atoms with Crippen LogP contribution in [-0.2, 0) is 22.3 Å². The number of benzene rings is 1. The van der Waals surface area contributed by atoms with Crippen LogP contribution in [0.25, 0.3) is 0 Å². The average Bonchev–Trinajstić information content (AvgIpc) is 2.59. The Morgan fingerprint density at radius 2 is 1.82 bits per heavy atom. The van der Waals surface area contributed by atoms with E-state index < -0.39 is 10.0 Å². The van der Waals surface area contributed by atoms with Crippen molar-refractivity contribution in [2.45, 2.75) is 58.9 Å². The molecule has 1 heterocycles. The standard InChI is InChI=1S/C20H34N4O2S.HI/c1-5-21-20(24-12-10-17(4)11-13-24)22-14-18-8-6-7-9-19(18)15-27(25,26)23-16(2)3;/h6-9,16-17,23H,5,10-15H2,1-4H3,(H,21,22);1H. The summed E-state index contributed by atoms with van der Waals surface area (Å²) in [5, 5.41) is 3.38. The number of piperidine rings is 1. The molecule has 0 unspecified atom stereocenters. The molecule has 1 aromatic rings. The van der Waals surface area contributed by atoms with E-state index in [0.717, 1.165) is 42.6 Å². The van der Waals surface area contributed by atoms with Crippen LogP contribution in [0.15, 0.2) is 29.3 Å². The minimum atomic E-state index is -3.36. The van der Waals surface area contributed by atoms with Crippen LogP contribution in [0.2, 0.25) is 0 Å². The fourth-order valence-electron chi connectivity index (χ4n) is 3.26. The van der Waals surface area contributed by atoms with Gasteiger partial charge in [-0.15, -0.1) is 24.0 Å². The van der Waals surface area contributed by atoms with Gasteiger partial charge in [0.05, 0.1) is 12.3 Å². The fraction of sp³-hybridized carbons (Fsp3) is 0.650. The van der Waals surface area contributed by atoms with Crippen LogP contribution in [0, 0.1) is 5.92 Å². The Bertz CT molecular complexity index is 729. The first-order chi connectivity index (χ1) is 12.8. The predicted octanol–water partition coefficient (Wildman–Crippen LogP) is 3.33. The molecule has 0 aliphatic carbocycles. The zero-order chi connectivity index (χ0) is 19.9. The summed E-state index contributed by atoms with van der Waals surface area (Å²) in [7, 11) is -3.36. The van der Waals surface area contributed by atoms with E-state index in [9.17, 15) is 8.42 Å². The number of hydrogen-bond acceptors (Lipinski definition) is 3. The highest BCUT2D eigenvalue weighted by Crippen LogP contribution is 2.17. The van der Waals surface area contributed by atoms with Gasteiger partial charge in [-0.05, 0) is 50.7 Å². The highest BCUT2D eigenvalue weighted by atomic mass is 127. The Morgan fingerprint density at radius 3 is 2.39 bits per heavy atom. The van der Waals surface area contributed by atoms with Gasteiger partial charge in [-0.1, -0.05) is 31.2 Å². The number of hydrogen-bond donors (Lipinski definition) is 2. The maximum atomic E-state index is 12.3. The Labute approximate surface area is 187 Å². The van der Waals surface area contributed by atoms with Gasteiger partial charge in [0.15, 0.2) is 5.96 Å². The van der Waals surface area contributed by atoms with Crippen molar-refractivity contribution < 1.29 is 8.42 Å². The van der Waals surface area contributed by atoms with Gasteiger partial charge in [0, 0.05) is 25.7 Å². The van der Waals surface area contributed by atoms with Crippen LogP contribution >= 0.6 is 24.0 Å². The molecular weight excluding hydrogens is 487 g/mol. The van der Waals surface area contributed by atoms with Crippen molar-refractivity contribution in [1.29, 1.82) is 0 Å². The Morgan fingerprint density at radius 1 is 1.21 bits per heavy atom. The van der Waals surface area contributed by atoms with Crippen molar-refractivity contribution in [1.82, 2.24) is 14.9 Å². The van der Waals surface area contributed by atoms with E-state index in [1.165, 1.54) is 12.8 Å². The quantitative estimate of drug-likeness (QED) is 0.328. The first kappa shape index (κ1) is 25.2. The molecule has 1 saturated heterocycles. The SMILES string of the molecule is CCNC(=NCc1ccccc1CS(=O)(=O)NC(C)C)N1CCC(C)CC1.I. The molecule has 0 bridgehead atoms. The lowest BCUT2D eigenvalue weighted by Crippen LogP contribution is -2.45. The third-order valence-corrected chi connectivity index (χ3v) is 6.22. The second-order valence-electron chi connectivity index (χ2n) is 7.64. The third-order valence-electron chi connectivity index (χ3n) is 4.70. The molecule has 6 nitrogen and oxygen atoms in total. The summed E-state index contributed by atoms with van der Waals surface area (Å²) in [6.45, 7) is 11.3. The number of likely N-dealkylation sites (tertiary alicyclic amines) is 1. The van der Waals surface area contributed by atoms with Crippen molar-refractivity contribution in [2.24, 2.45) is 10.9 Å². The molecule has 1 aliphatic heterocycles. The van der Waals surface area contributed by atoms with Crippen LogP contribution in [0.5, 0.6) is 0 Å². The number of nitrogens with one attached hydrogen (secondary N) is 2. The number of sulfonamides is 1. The van der Waals surface area contributed by atoms with Crippen molar-refractivity contribution in [3.63, 3.8) is 0 Å². The van der Waals surface area contributed by atoms with Crippen molar-refractivity contribution in [3.8, 4) is 0 Å². The summed E-state index contributed by atoms with van der Waals surface area (Å²) in [4.78, 5) is 7.11.